The van der Waals surface area contributed by atoms with Gasteiger partial charge in [0.15, 0.2) is 0 Å². The minimum absolute atomic E-state index is 0.629. The van der Waals surface area contributed by atoms with Crippen molar-refractivity contribution in [3.63, 3.8) is 0 Å². The van der Waals surface area contributed by atoms with E-state index in [1.807, 2.05) is 0 Å². The lowest BCUT2D eigenvalue weighted by molar-refractivity contribution is 0.137. The average molecular weight is 168 g/mol. The average Bonchev–Trinajstić information content (AvgIpc) is 2.17. The maximum Gasteiger partial charge on any atom is 0.0221 e. The summed E-state index contributed by atoms with van der Waals surface area (Å²) < 4.78 is 0. The Morgan fingerprint density at radius 1 is 1.17 bits per heavy atom. The van der Waals surface area contributed by atoms with E-state index < -0.39 is 0 Å². The zero-order valence-electron chi connectivity index (χ0n) is 7.76. The molecule has 1 saturated carbocycles. The molecular formula is C10H20N2. The summed E-state index contributed by atoms with van der Waals surface area (Å²) in [5.41, 5.74) is 5.75. The summed E-state index contributed by atoms with van der Waals surface area (Å²) in [7, 11) is 0. The van der Waals surface area contributed by atoms with E-state index in [4.69, 9.17) is 5.73 Å². The molecule has 0 aromatic heterocycles. The molecule has 1 aliphatic carbocycles. The van der Waals surface area contributed by atoms with E-state index in [1.54, 1.807) is 0 Å². The Bertz CT molecular complexity index is 138. The van der Waals surface area contributed by atoms with Gasteiger partial charge in [-0.15, -0.1) is 0 Å². The zero-order valence-corrected chi connectivity index (χ0v) is 7.76. The summed E-state index contributed by atoms with van der Waals surface area (Å²) in [6.45, 7) is 2.03. The van der Waals surface area contributed by atoms with Crippen LogP contribution in [0, 0.1) is 11.8 Å². The number of rotatable bonds is 1. The zero-order chi connectivity index (χ0) is 8.39. The third kappa shape index (κ3) is 1.50. The lowest BCUT2D eigenvalue weighted by atomic mass is 9.72. The molecule has 12 heavy (non-hydrogen) atoms. The van der Waals surface area contributed by atoms with Gasteiger partial charge >= 0.3 is 0 Å². The number of hydrogen-bond donors (Lipinski definition) is 2. The smallest absolute Gasteiger partial charge is 0.0221 e. The van der Waals surface area contributed by atoms with Crippen LogP contribution in [0.1, 0.15) is 32.1 Å². The van der Waals surface area contributed by atoms with Gasteiger partial charge in [0.1, 0.15) is 0 Å². The first-order valence-corrected chi connectivity index (χ1v) is 5.35. The Morgan fingerprint density at radius 2 is 2.00 bits per heavy atom. The van der Waals surface area contributed by atoms with E-state index in [-0.39, 0.29) is 0 Å². The van der Waals surface area contributed by atoms with Crippen molar-refractivity contribution in [3.05, 3.63) is 0 Å². The van der Waals surface area contributed by atoms with Crippen LogP contribution in [-0.4, -0.2) is 19.1 Å². The van der Waals surface area contributed by atoms with Crippen molar-refractivity contribution in [1.82, 2.24) is 5.32 Å². The molecule has 0 aromatic rings. The molecule has 1 aliphatic heterocycles. The third-order valence-electron chi connectivity index (χ3n) is 3.66. The summed E-state index contributed by atoms with van der Waals surface area (Å²) in [4.78, 5) is 0. The molecule has 2 heteroatoms. The van der Waals surface area contributed by atoms with Gasteiger partial charge in [0, 0.05) is 12.6 Å². The third-order valence-corrected chi connectivity index (χ3v) is 3.66. The van der Waals surface area contributed by atoms with E-state index in [0.717, 1.165) is 18.4 Å². The molecule has 0 amide bonds. The van der Waals surface area contributed by atoms with Crippen molar-refractivity contribution in [2.24, 2.45) is 17.6 Å². The fourth-order valence-electron chi connectivity index (χ4n) is 2.99. The highest BCUT2D eigenvalue weighted by molar-refractivity contribution is 4.89. The van der Waals surface area contributed by atoms with Gasteiger partial charge in [0.05, 0.1) is 0 Å². The van der Waals surface area contributed by atoms with E-state index >= 15 is 0 Å². The van der Waals surface area contributed by atoms with Crippen molar-refractivity contribution < 1.29 is 0 Å². The van der Waals surface area contributed by atoms with Crippen LogP contribution in [0.2, 0.25) is 0 Å². The van der Waals surface area contributed by atoms with Crippen molar-refractivity contribution in [2.75, 3.05) is 13.1 Å². The predicted molar refractivity (Wildman–Crippen MR) is 50.9 cm³/mol. The highest BCUT2D eigenvalue weighted by atomic mass is 15.0. The van der Waals surface area contributed by atoms with Crippen LogP contribution in [0.3, 0.4) is 0 Å². The highest BCUT2D eigenvalue weighted by Crippen LogP contribution is 2.36. The first-order valence-electron chi connectivity index (χ1n) is 5.35. The fraction of sp³-hybridized carbons (Fsp3) is 1.00. The Balaban J connectivity index is 1.99. The van der Waals surface area contributed by atoms with Crippen LogP contribution < -0.4 is 11.1 Å². The second kappa shape index (κ2) is 3.75. The second-order valence-corrected chi connectivity index (χ2v) is 4.29. The number of nitrogens with one attached hydrogen (secondary N) is 1. The van der Waals surface area contributed by atoms with Crippen molar-refractivity contribution in [3.8, 4) is 0 Å². The molecule has 2 fully saturated rings. The largest absolute Gasteiger partial charge is 0.329 e. The first-order chi connectivity index (χ1) is 5.92. The summed E-state index contributed by atoms with van der Waals surface area (Å²) in [5.74, 6) is 1.89. The summed E-state index contributed by atoms with van der Waals surface area (Å²) in [5, 5.41) is 3.54. The van der Waals surface area contributed by atoms with E-state index in [0.29, 0.717) is 6.04 Å². The molecule has 3 atom stereocenters. The second-order valence-electron chi connectivity index (χ2n) is 4.29. The fourth-order valence-corrected chi connectivity index (χ4v) is 2.99. The van der Waals surface area contributed by atoms with Gasteiger partial charge in [-0.3, -0.25) is 0 Å². The Hall–Kier alpha value is -0.0800. The highest BCUT2D eigenvalue weighted by Gasteiger charge is 2.33. The van der Waals surface area contributed by atoms with Crippen LogP contribution in [0.5, 0.6) is 0 Å². The first kappa shape index (κ1) is 8.52. The van der Waals surface area contributed by atoms with Gasteiger partial charge in [-0.2, -0.15) is 0 Å². The number of hydrogen-bond acceptors (Lipinski definition) is 2. The molecule has 1 saturated heterocycles. The van der Waals surface area contributed by atoms with Gasteiger partial charge < -0.3 is 11.1 Å². The van der Waals surface area contributed by atoms with Crippen LogP contribution >= 0.6 is 0 Å². The molecule has 3 N–H and O–H groups in total. The molecule has 0 aromatic carbocycles. The maximum absolute atomic E-state index is 5.75. The SMILES string of the molecule is NCC1NCCC2CCCCC21. The molecule has 2 rings (SSSR count). The van der Waals surface area contributed by atoms with E-state index in [9.17, 15) is 0 Å². The lowest BCUT2D eigenvalue weighted by Crippen LogP contribution is -2.50. The number of fused-ring (bicyclic) bond motifs is 1. The normalized spacial score (nSPS) is 42.2. The van der Waals surface area contributed by atoms with Crippen molar-refractivity contribution in [1.29, 1.82) is 0 Å². The van der Waals surface area contributed by atoms with Gasteiger partial charge in [0.25, 0.3) is 0 Å². The molecule has 70 valence electrons. The monoisotopic (exact) mass is 168 g/mol. The number of nitrogens with two attached hydrogens (primary N) is 1. The van der Waals surface area contributed by atoms with Gasteiger partial charge in [-0.25, -0.2) is 0 Å². The topological polar surface area (TPSA) is 38.0 Å². The quantitative estimate of drug-likeness (QED) is 0.615. The molecule has 1 heterocycles. The van der Waals surface area contributed by atoms with Crippen molar-refractivity contribution in [2.45, 2.75) is 38.1 Å². The molecule has 2 nitrogen and oxygen atoms in total. The molecule has 0 spiro atoms. The minimum Gasteiger partial charge on any atom is -0.329 e. The van der Waals surface area contributed by atoms with Crippen LogP contribution in [0.4, 0.5) is 0 Å². The summed E-state index contributed by atoms with van der Waals surface area (Å²) in [6, 6.07) is 0.629. The maximum atomic E-state index is 5.75. The van der Waals surface area contributed by atoms with Crippen LogP contribution in [0.15, 0.2) is 0 Å². The molecule has 0 bridgehead atoms. The van der Waals surface area contributed by atoms with Crippen LogP contribution in [-0.2, 0) is 0 Å². The van der Waals surface area contributed by atoms with Gasteiger partial charge in [-0.05, 0) is 31.2 Å². The standard InChI is InChI=1S/C10H20N2/c11-7-10-9-4-2-1-3-8(9)5-6-12-10/h8-10,12H,1-7,11H2. The van der Waals surface area contributed by atoms with Crippen molar-refractivity contribution >= 4 is 0 Å². The lowest BCUT2D eigenvalue weighted by Gasteiger charge is -2.41. The predicted octanol–water partition coefficient (Wildman–Crippen LogP) is 1.11. The van der Waals surface area contributed by atoms with Crippen LogP contribution in [0.25, 0.3) is 0 Å². The summed E-state index contributed by atoms with van der Waals surface area (Å²) in [6.07, 6.45) is 7.15. The van der Waals surface area contributed by atoms with E-state index in [1.165, 1.54) is 38.6 Å². The Kier molecular flexibility index (Phi) is 2.66. The molecule has 3 unspecified atom stereocenters. The molecular weight excluding hydrogens is 148 g/mol. The Morgan fingerprint density at radius 3 is 2.83 bits per heavy atom. The molecule has 2 aliphatic rings. The minimum atomic E-state index is 0.629. The summed E-state index contributed by atoms with van der Waals surface area (Å²) >= 11 is 0. The van der Waals surface area contributed by atoms with Gasteiger partial charge in [0.2, 0.25) is 0 Å². The Labute approximate surface area is 74.9 Å². The van der Waals surface area contributed by atoms with Gasteiger partial charge in [-0.1, -0.05) is 19.3 Å². The molecule has 0 radical (unpaired) electrons. The number of piperidine rings is 1. The van der Waals surface area contributed by atoms with E-state index in [2.05, 4.69) is 5.32 Å².